The number of rotatable bonds is 6. The van der Waals surface area contributed by atoms with Crippen LogP contribution in [-0.4, -0.2) is 42.7 Å². The lowest BCUT2D eigenvalue weighted by Gasteiger charge is -2.30. The molecule has 1 aliphatic heterocycles. The third-order valence-corrected chi connectivity index (χ3v) is 6.44. The Morgan fingerprint density at radius 3 is 2.44 bits per heavy atom. The number of fused-ring (bicyclic) bond motifs is 2. The molecule has 6 heteroatoms. The summed E-state index contributed by atoms with van der Waals surface area (Å²) in [6, 6.07) is 24.6. The lowest BCUT2D eigenvalue weighted by Crippen LogP contribution is -2.30. The number of anilines is 3. The van der Waals surface area contributed by atoms with Gasteiger partial charge in [0, 0.05) is 60.3 Å². The SMILES string of the molecule is CN(C)CCn1ccc2cc(NC(=O)Nc3ccc(N4CCc5ccccc5C4)cc3)ccc21. The Labute approximate surface area is 200 Å². The van der Waals surface area contributed by atoms with Gasteiger partial charge < -0.3 is 25.0 Å². The molecule has 2 amide bonds. The van der Waals surface area contributed by atoms with Crippen LogP contribution in [0.5, 0.6) is 0 Å². The van der Waals surface area contributed by atoms with Crippen LogP contribution in [0.2, 0.25) is 0 Å². The largest absolute Gasteiger partial charge is 0.367 e. The molecule has 0 saturated carbocycles. The predicted octanol–water partition coefficient (Wildman–Crippen LogP) is 5.41. The minimum Gasteiger partial charge on any atom is -0.367 e. The summed E-state index contributed by atoms with van der Waals surface area (Å²) in [7, 11) is 4.15. The Bertz CT molecular complexity index is 1290. The van der Waals surface area contributed by atoms with Crippen LogP contribution < -0.4 is 15.5 Å². The third kappa shape index (κ3) is 4.92. The average Bonchev–Trinajstić information content (AvgIpc) is 3.25. The highest BCUT2D eigenvalue weighted by atomic mass is 16.2. The van der Waals surface area contributed by atoms with Crippen molar-refractivity contribution in [1.82, 2.24) is 9.47 Å². The maximum absolute atomic E-state index is 12.6. The molecule has 4 aromatic rings. The van der Waals surface area contributed by atoms with Crippen LogP contribution in [0, 0.1) is 0 Å². The Balaban J connectivity index is 1.19. The lowest BCUT2D eigenvalue weighted by atomic mass is 9.99. The van der Waals surface area contributed by atoms with E-state index in [1.54, 1.807) is 0 Å². The summed E-state index contributed by atoms with van der Waals surface area (Å²) in [4.78, 5) is 17.1. The Morgan fingerprint density at radius 2 is 1.65 bits per heavy atom. The standard InChI is InChI=1S/C28H31N5O/c1-31(2)17-18-32-15-14-22-19-25(9-12-27(22)32)30-28(34)29-24-7-10-26(11-8-24)33-16-13-21-5-3-4-6-23(21)20-33/h3-12,14-15,19H,13,16-18,20H2,1-2H3,(H2,29,30,34). The van der Waals surface area contributed by atoms with Crippen molar-refractivity contribution in [2.45, 2.75) is 19.5 Å². The molecule has 0 atom stereocenters. The van der Waals surface area contributed by atoms with E-state index in [4.69, 9.17) is 0 Å². The van der Waals surface area contributed by atoms with Gasteiger partial charge in [-0.1, -0.05) is 24.3 Å². The Kier molecular flexibility index (Phi) is 6.23. The van der Waals surface area contributed by atoms with Gasteiger partial charge in [-0.15, -0.1) is 0 Å². The van der Waals surface area contributed by atoms with Crippen molar-refractivity contribution < 1.29 is 4.79 Å². The fraction of sp³-hybridized carbons (Fsp3) is 0.250. The molecule has 0 spiro atoms. The van der Waals surface area contributed by atoms with Crippen molar-refractivity contribution in [3.05, 3.63) is 90.1 Å². The molecule has 34 heavy (non-hydrogen) atoms. The zero-order valence-corrected chi connectivity index (χ0v) is 19.8. The van der Waals surface area contributed by atoms with E-state index in [-0.39, 0.29) is 6.03 Å². The zero-order chi connectivity index (χ0) is 23.5. The summed E-state index contributed by atoms with van der Waals surface area (Å²) in [6.07, 6.45) is 3.16. The molecule has 2 heterocycles. The van der Waals surface area contributed by atoms with Gasteiger partial charge in [0.05, 0.1) is 0 Å². The van der Waals surface area contributed by atoms with Crippen LogP contribution in [0.1, 0.15) is 11.1 Å². The molecule has 1 aliphatic rings. The molecule has 2 N–H and O–H groups in total. The van der Waals surface area contributed by atoms with Crippen molar-refractivity contribution in [2.24, 2.45) is 0 Å². The summed E-state index contributed by atoms with van der Waals surface area (Å²) in [5, 5.41) is 7.01. The highest BCUT2D eigenvalue weighted by Crippen LogP contribution is 2.26. The van der Waals surface area contributed by atoms with E-state index >= 15 is 0 Å². The predicted molar refractivity (Wildman–Crippen MR) is 141 cm³/mol. The van der Waals surface area contributed by atoms with Gasteiger partial charge in [-0.2, -0.15) is 0 Å². The smallest absolute Gasteiger partial charge is 0.323 e. The number of amides is 2. The van der Waals surface area contributed by atoms with Crippen LogP contribution >= 0.6 is 0 Å². The number of hydrogen-bond donors (Lipinski definition) is 2. The average molecular weight is 454 g/mol. The van der Waals surface area contributed by atoms with Crippen molar-refractivity contribution in [3.8, 4) is 0 Å². The number of hydrogen-bond acceptors (Lipinski definition) is 3. The van der Waals surface area contributed by atoms with Gasteiger partial charge in [0.1, 0.15) is 0 Å². The molecular formula is C28H31N5O. The minimum absolute atomic E-state index is 0.244. The van der Waals surface area contributed by atoms with Gasteiger partial charge in [-0.05, 0) is 80.2 Å². The van der Waals surface area contributed by atoms with E-state index in [2.05, 4.69) is 93.8 Å². The number of nitrogens with one attached hydrogen (secondary N) is 2. The van der Waals surface area contributed by atoms with Crippen molar-refractivity contribution in [3.63, 3.8) is 0 Å². The maximum atomic E-state index is 12.6. The molecule has 3 aromatic carbocycles. The number of carbonyl (C=O) groups excluding carboxylic acids is 1. The van der Waals surface area contributed by atoms with Crippen molar-refractivity contribution >= 4 is 34.0 Å². The van der Waals surface area contributed by atoms with E-state index in [9.17, 15) is 4.79 Å². The van der Waals surface area contributed by atoms with Gasteiger partial charge >= 0.3 is 6.03 Å². The van der Waals surface area contributed by atoms with Gasteiger partial charge in [0.25, 0.3) is 0 Å². The van der Waals surface area contributed by atoms with Gasteiger partial charge in [0.15, 0.2) is 0 Å². The third-order valence-electron chi connectivity index (χ3n) is 6.44. The van der Waals surface area contributed by atoms with E-state index in [0.717, 1.165) is 49.4 Å². The minimum atomic E-state index is -0.244. The first kappa shape index (κ1) is 22.0. The molecule has 0 unspecified atom stereocenters. The van der Waals surface area contributed by atoms with Crippen LogP contribution in [0.4, 0.5) is 21.9 Å². The molecule has 0 bridgehead atoms. The zero-order valence-electron chi connectivity index (χ0n) is 19.8. The number of aromatic nitrogens is 1. The number of urea groups is 1. The van der Waals surface area contributed by atoms with Gasteiger partial charge in [-0.3, -0.25) is 0 Å². The van der Waals surface area contributed by atoms with Crippen molar-refractivity contribution in [1.29, 1.82) is 0 Å². The molecule has 0 fully saturated rings. The summed E-state index contributed by atoms with van der Waals surface area (Å²) in [5.74, 6) is 0. The molecule has 0 radical (unpaired) electrons. The van der Waals surface area contributed by atoms with Gasteiger partial charge in [-0.25, -0.2) is 4.79 Å². The molecular weight excluding hydrogens is 422 g/mol. The quantitative estimate of drug-likeness (QED) is 0.410. The molecule has 1 aromatic heterocycles. The first-order chi connectivity index (χ1) is 16.5. The van der Waals surface area contributed by atoms with Crippen LogP contribution in [0.3, 0.4) is 0 Å². The highest BCUT2D eigenvalue weighted by Gasteiger charge is 2.16. The van der Waals surface area contributed by atoms with E-state index in [1.165, 1.54) is 22.3 Å². The molecule has 174 valence electrons. The van der Waals surface area contributed by atoms with E-state index in [1.807, 2.05) is 24.3 Å². The second-order valence-electron chi connectivity index (χ2n) is 9.15. The van der Waals surface area contributed by atoms with Gasteiger partial charge in [0.2, 0.25) is 0 Å². The topological polar surface area (TPSA) is 52.5 Å². The van der Waals surface area contributed by atoms with Crippen LogP contribution in [0.25, 0.3) is 10.9 Å². The summed E-state index contributed by atoms with van der Waals surface area (Å²) in [5.41, 5.74) is 6.72. The number of likely N-dealkylation sites (N-methyl/N-ethyl adjacent to an activating group) is 1. The van der Waals surface area contributed by atoms with Crippen LogP contribution in [-0.2, 0) is 19.5 Å². The number of nitrogens with zero attached hydrogens (tertiary/aromatic N) is 3. The second-order valence-corrected chi connectivity index (χ2v) is 9.15. The number of carbonyl (C=O) groups is 1. The fourth-order valence-electron chi connectivity index (χ4n) is 4.55. The summed E-state index contributed by atoms with van der Waals surface area (Å²) < 4.78 is 2.24. The van der Waals surface area contributed by atoms with E-state index in [0.29, 0.717) is 0 Å². The second kappa shape index (κ2) is 9.61. The monoisotopic (exact) mass is 453 g/mol. The normalized spacial score (nSPS) is 13.2. The Hall–Kier alpha value is -3.77. The summed E-state index contributed by atoms with van der Waals surface area (Å²) in [6.45, 7) is 3.84. The van der Waals surface area contributed by atoms with Crippen LogP contribution in [0.15, 0.2) is 79.0 Å². The number of benzene rings is 3. The molecule has 0 saturated heterocycles. The molecule has 5 rings (SSSR count). The molecule has 0 aliphatic carbocycles. The lowest BCUT2D eigenvalue weighted by molar-refractivity contribution is 0.262. The molecule has 6 nitrogen and oxygen atoms in total. The first-order valence-corrected chi connectivity index (χ1v) is 11.8. The summed E-state index contributed by atoms with van der Waals surface area (Å²) >= 11 is 0. The van der Waals surface area contributed by atoms with Crippen molar-refractivity contribution in [2.75, 3.05) is 42.7 Å². The fourth-order valence-corrected chi connectivity index (χ4v) is 4.55. The highest BCUT2D eigenvalue weighted by molar-refractivity contribution is 6.01. The first-order valence-electron chi connectivity index (χ1n) is 11.8. The Morgan fingerprint density at radius 1 is 0.912 bits per heavy atom. The maximum Gasteiger partial charge on any atom is 0.323 e. The van der Waals surface area contributed by atoms with E-state index < -0.39 is 0 Å².